The first-order valence-electron chi connectivity index (χ1n) is 6.95. The first kappa shape index (κ1) is 16.8. The summed E-state index contributed by atoms with van der Waals surface area (Å²) in [6.07, 6.45) is 2.83. The molecule has 0 aromatic heterocycles. The lowest BCUT2D eigenvalue weighted by Gasteiger charge is -2.16. The largest absolute Gasteiger partial charge is 0.492 e. The van der Waals surface area contributed by atoms with Crippen LogP contribution in [0.1, 0.15) is 40.0 Å². The minimum atomic E-state index is -3.62. The quantitative estimate of drug-likeness (QED) is 0.723. The van der Waals surface area contributed by atoms with Gasteiger partial charge in [-0.3, -0.25) is 0 Å². The van der Waals surface area contributed by atoms with E-state index in [0.29, 0.717) is 18.0 Å². The highest BCUT2D eigenvalue weighted by Gasteiger charge is 2.22. The highest BCUT2D eigenvalue weighted by Crippen LogP contribution is 2.26. The van der Waals surface area contributed by atoms with Gasteiger partial charge in [0.1, 0.15) is 10.6 Å². The Kier molecular flexibility index (Phi) is 6.29. The van der Waals surface area contributed by atoms with Crippen molar-refractivity contribution in [3.05, 3.63) is 18.2 Å². The number of anilines is 1. The molecule has 114 valence electrons. The van der Waals surface area contributed by atoms with Crippen LogP contribution in [0.4, 0.5) is 5.69 Å². The van der Waals surface area contributed by atoms with Crippen LogP contribution in [0.25, 0.3) is 0 Å². The van der Waals surface area contributed by atoms with Crippen LogP contribution in [0.5, 0.6) is 5.75 Å². The van der Waals surface area contributed by atoms with Crippen LogP contribution in [0.15, 0.2) is 23.1 Å². The van der Waals surface area contributed by atoms with E-state index in [-0.39, 0.29) is 10.9 Å². The molecule has 0 saturated carbocycles. The van der Waals surface area contributed by atoms with Crippen LogP contribution in [-0.4, -0.2) is 21.1 Å². The number of nitrogens with two attached hydrogens (primary N) is 1. The predicted octanol–water partition coefficient (Wildman–Crippen LogP) is 2.52. The maximum atomic E-state index is 12.4. The maximum Gasteiger partial charge on any atom is 0.244 e. The number of hydrogen-bond donors (Lipinski definition) is 2. The fourth-order valence-corrected chi connectivity index (χ4v) is 3.36. The first-order chi connectivity index (χ1) is 9.40. The predicted molar refractivity (Wildman–Crippen MR) is 81.3 cm³/mol. The molecular weight excluding hydrogens is 276 g/mol. The lowest BCUT2D eigenvalue weighted by molar-refractivity contribution is 0.331. The molecule has 0 spiro atoms. The fourth-order valence-electron chi connectivity index (χ4n) is 1.91. The van der Waals surface area contributed by atoms with Crippen LogP contribution in [0.2, 0.25) is 0 Å². The van der Waals surface area contributed by atoms with E-state index in [4.69, 9.17) is 10.5 Å². The number of nitrogens with one attached hydrogen (secondary N) is 1. The van der Waals surface area contributed by atoms with Crippen molar-refractivity contribution in [1.29, 1.82) is 0 Å². The summed E-state index contributed by atoms with van der Waals surface area (Å²) in [5.41, 5.74) is 6.08. The molecule has 0 amide bonds. The topological polar surface area (TPSA) is 81.4 Å². The molecule has 20 heavy (non-hydrogen) atoms. The molecule has 5 nitrogen and oxygen atoms in total. The van der Waals surface area contributed by atoms with Gasteiger partial charge < -0.3 is 10.5 Å². The molecule has 0 aliphatic rings. The summed E-state index contributed by atoms with van der Waals surface area (Å²) in [5.74, 6) is 0.330. The van der Waals surface area contributed by atoms with Crippen molar-refractivity contribution in [2.75, 3.05) is 12.3 Å². The van der Waals surface area contributed by atoms with Gasteiger partial charge >= 0.3 is 0 Å². The van der Waals surface area contributed by atoms with Gasteiger partial charge in [0.05, 0.1) is 6.61 Å². The monoisotopic (exact) mass is 300 g/mol. The summed E-state index contributed by atoms with van der Waals surface area (Å²) >= 11 is 0. The summed E-state index contributed by atoms with van der Waals surface area (Å²) in [4.78, 5) is 0.0997. The molecule has 1 unspecified atom stereocenters. The number of benzene rings is 1. The van der Waals surface area contributed by atoms with Crippen molar-refractivity contribution >= 4 is 15.7 Å². The smallest absolute Gasteiger partial charge is 0.244 e. The Morgan fingerprint density at radius 3 is 2.65 bits per heavy atom. The van der Waals surface area contributed by atoms with Crippen molar-refractivity contribution in [2.24, 2.45) is 0 Å². The lowest BCUT2D eigenvalue weighted by atomic mass is 10.2. The summed E-state index contributed by atoms with van der Waals surface area (Å²) in [6, 6.07) is 4.53. The van der Waals surface area contributed by atoms with Crippen LogP contribution in [-0.2, 0) is 10.0 Å². The number of hydrogen-bond acceptors (Lipinski definition) is 4. The van der Waals surface area contributed by atoms with Crippen molar-refractivity contribution in [3.63, 3.8) is 0 Å². The molecule has 0 fully saturated rings. The Morgan fingerprint density at radius 1 is 1.35 bits per heavy atom. The minimum Gasteiger partial charge on any atom is -0.492 e. The van der Waals surface area contributed by atoms with E-state index in [9.17, 15) is 8.42 Å². The Hall–Kier alpha value is -1.27. The van der Waals surface area contributed by atoms with Gasteiger partial charge in [0, 0.05) is 11.7 Å². The SMILES string of the molecule is CCCCC(C)NS(=O)(=O)c1cc(N)ccc1OCC. The van der Waals surface area contributed by atoms with Gasteiger partial charge in [-0.1, -0.05) is 19.8 Å². The number of nitrogen functional groups attached to an aromatic ring is 1. The third-order valence-electron chi connectivity index (χ3n) is 2.90. The van der Waals surface area contributed by atoms with E-state index < -0.39 is 10.0 Å². The van der Waals surface area contributed by atoms with Crippen molar-refractivity contribution in [1.82, 2.24) is 4.72 Å². The highest BCUT2D eigenvalue weighted by molar-refractivity contribution is 7.89. The molecule has 0 aliphatic heterocycles. The van der Waals surface area contributed by atoms with Crippen LogP contribution < -0.4 is 15.2 Å². The standard InChI is InChI=1S/C14H24N2O3S/c1-4-6-7-11(3)16-20(17,18)14-10-12(15)8-9-13(14)19-5-2/h8-11,16H,4-7,15H2,1-3H3. The van der Waals surface area contributed by atoms with Gasteiger partial charge in [-0.25, -0.2) is 13.1 Å². The van der Waals surface area contributed by atoms with E-state index in [1.165, 1.54) is 6.07 Å². The Balaban J connectivity index is 2.99. The zero-order valence-corrected chi connectivity index (χ0v) is 13.2. The van der Waals surface area contributed by atoms with Crippen LogP contribution in [0, 0.1) is 0 Å². The number of rotatable bonds is 8. The molecular formula is C14H24N2O3S. The highest BCUT2D eigenvalue weighted by atomic mass is 32.2. The second-order valence-electron chi connectivity index (χ2n) is 4.80. The zero-order chi connectivity index (χ0) is 15.2. The molecule has 1 aromatic rings. The van der Waals surface area contributed by atoms with Crippen molar-refractivity contribution < 1.29 is 13.2 Å². The Bertz CT molecular complexity index is 529. The average Bonchev–Trinajstić information content (AvgIpc) is 2.38. The lowest BCUT2D eigenvalue weighted by Crippen LogP contribution is -2.32. The molecule has 1 rings (SSSR count). The summed E-state index contributed by atoms with van der Waals surface area (Å²) in [5, 5.41) is 0. The summed E-state index contributed by atoms with van der Waals surface area (Å²) in [6.45, 7) is 6.15. The molecule has 0 heterocycles. The first-order valence-corrected chi connectivity index (χ1v) is 8.43. The van der Waals surface area contributed by atoms with Crippen LogP contribution >= 0.6 is 0 Å². The van der Waals surface area contributed by atoms with E-state index in [1.807, 2.05) is 13.8 Å². The van der Waals surface area contributed by atoms with Gasteiger partial charge in [-0.2, -0.15) is 0 Å². The molecule has 0 bridgehead atoms. The molecule has 0 radical (unpaired) electrons. The van der Waals surface area contributed by atoms with Crippen LogP contribution in [0.3, 0.4) is 0 Å². The number of unbranched alkanes of at least 4 members (excludes halogenated alkanes) is 1. The summed E-state index contributed by atoms with van der Waals surface area (Å²) in [7, 11) is -3.62. The Morgan fingerprint density at radius 2 is 2.05 bits per heavy atom. The minimum absolute atomic E-state index is 0.0997. The van der Waals surface area contributed by atoms with Gasteiger partial charge in [-0.05, 0) is 38.5 Å². The fraction of sp³-hybridized carbons (Fsp3) is 0.571. The van der Waals surface area contributed by atoms with Gasteiger partial charge in [0.25, 0.3) is 0 Å². The van der Waals surface area contributed by atoms with E-state index in [2.05, 4.69) is 11.6 Å². The molecule has 0 aliphatic carbocycles. The second-order valence-corrected chi connectivity index (χ2v) is 6.49. The third kappa shape index (κ3) is 4.68. The number of sulfonamides is 1. The summed E-state index contributed by atoms with van der Waals surface area (Å²) < 4.78 is 32.9. The maximum absolute atomic E-state index is 12.4. The van der Waals surface area contributed by atoms with Gasteiger partial charge in [-0.15, -0.1) is 0 Å². The molecule has 6 heteroatoms. The second kappa shape index (κ2) is 7.50. The average molecular weight is 300 g/mol. The van der Waals surface area contributed by atoms with E-state index in [0.717, 1.165) is 19.3 Å². The normalized spacial score (nSPS) is 13.2. The Labute approximate surface area is 121 Å². The third-order valence-corrected chi connectivity index (χ3v) is 4.51. The molecule has 1 aromatic carbocycles. The van der Waals surface area contributed by atoms with Gasteiger partial charge in [0.15, 0.2) is 0 Å². The number of ether oxygens (including phenoxy) is 1. The van der Waals surface area contributed by atoms with Crippen molar-refractivity contribution in [2.45, 2.75) is 51.0 Å². The molecule has 1 atom stereocenters. The molecule has 3 N–H and O–H groups in total. The molecule has 0 saturated heterocycles. The van der Waals surface area contributed by atoms with E-state index in [1.54, 1.807) is 12.1 Å². The van der Waals surface area contributed by atoms with Crippen molar-refractivity contribution in [3.8, 4) is 5.75 Å². The van der Waals surface area contributed by atoms with E-state index >= 15 is 0 Å². The van der Waals surface area contributed by atoms with Gasteiger partial charge in [0.2, 0.25) is 10.0 Å². The zero-order valence-electron chi connectivity index (χ0n) is 12.3.